The average molecular weight is 473 g/mol. The Hall–Kier alpha value is -3.49. The number of carboxylic acid groups (broad SMARTS) is 1. The second-order valence-electron chi connectivity index (χ2n) is 6.48. The van der Waals surface area contributed by atoms with Gasteiger partial charge in [-0.2, -0.15) is 13.2 Å². The number of carbonyl (C=O) groups excluding carboxylic acids is 1. The summed E-state index contributed by atoms with van der Waals surface area (Å²) in [5, 5.41) is 26.0. The van der Waals surface area contributed by atoms with Crippen LogP contribution >= 0.6 is 11.3 Å². The van der Waals surface area contributed by atoms with Gasteiger partial charge in [0.15, 0.2) is 5.69 Å². The minimum atomic E-state index is -4.52. The fraction of sp³-hybridized carbons (Fsp3) is 0.353. The van der Waals surface area contributed by atoms with Crippen molar-refractivity contribution in [2.24, 2.45) is 0 Å². The van der Waals surface area contributed by atoms with Gasteiger partial charge in [0.25, 0.3) is 5.91 Å². The average Bonchev–Trinajstić information content (AvgIpc) is 3.40. The number of hydrogen-bond donors (Lipinski definition) is 2. The maximum absolute atomic E-state index is 14.1. The minimum absolute atomic E-state index is 0.0205. The number of hydrogen-bond acceptors (Lipinski definition) is 8. The van der Waals surface area contributed by atoms with Gasteiger partial charge in [-0.1, -0.05) is 16.6 Å². The topological polar surface area (TPSA) is 136 Å². The van der Waals surface area contributed by atoms with Crippen LogP contribution in [0.25, 0.3) is 0 Å². The van der Waals surface area contributed by atoms with E-state index in [-0.39, 0.29) is 42.3 Å². The Morgan fingerprint density at radius 2 is 2.03 bits per heavy atom. The highest BCUT2D eigenvalue weighted by molar-refractivity contribution is 7.13. The van der Waals surface area contributed by atoms with Crippen LogP contribution in [0.5, 0.6) is 0 Å². The molecule has 3 heterocycles. The molecule has 0 saturated carbocycles. The largest absolute Gasteiger partial charge is 0.476 e. The Kier molecular flexibility index (Phi) is 7.07. The molecule has 0 spiro atoms. The third-order valence-corrected chi connectivity index (χ3v) is 5.03. The van der Waals surface area contributed by atoms with E-state index in [1.165, 1.54) is 0 Å². The first-order valence-electron chi connectivity index (χ1n) is 9.02. The van der Waals surface area contributed by atoms with Crippen molar-refractivity contribution in [1.29, 1.82) is 0 Å². The summed E-state index contributed by atoms with van der Waals surface area (Å²) >= 11 is 0.926. The molecular formula is C17H15F4N7O3S. The van der Waals surface area contributed by atoms with Gasteiger partial charge >= 0.3 is 12.1 Å². The Bertz CT molecular complexity index is 1100. The predicted octanol–water partition coefficient (Wildman–Crippen LogP) is 2.14. The first kappa shape index (κ1) is 23.2. The van der Waals surface area contributed by atoms with Crippen LogP contribution in [-0.2, 0) is 25.7 Å². The molecule has 3 aromatic heterocycles. The first-order chi connectivity index (χ1) is 15.1. The van der Waals surface area contributed by atoms with Crippen molar-refractivity contribution >= 4 is 23.2 Å². The van der Waals surface area contributed by atoms with Crippen LogP contribution in [0.4, 0.5) is 17.6 Å². The number of carbonyl (C=O) groups is 2. The highest BCUT2D eigenvalue weighted by Crippen LogP contribution is 2.29. The van der Waals surface area contributed by atoms with Crippen LogP contribution < -0.4 is 5.32 Å². The van der Waals surface area contributed by atoms with Crippen molar-refractivity contribution in [1.82, 2.24) is 35.5 Å². The highest BCUT2D eigenvalue weighted by Gasteiger charge is 2.30. The van der Waals surface area contributed by atoms with Crippen molar-refractivity contribution in [3.8, 4) is 0 Å². The lowest BCUT2D eigenvalue weighted by molar-refractivity contribution is -0.137. The normalized spacial score (nSPS) is 12.5. The standard InChI is InChI=1S/C17H15F4N7O3S/c18-10(7-28-8-12(16(30)31)24-27-28)1-2-13-25-26-15(32-13)14(29)23-6-11-5-9(3-4-22-11)17(19,20)21/h3-5,8,10H,1-2,6-7H2,(H,23,29)(H,30,31). The molecule has 10 nitrogen and oxygen atoms in total. The summed E-state index contributed by atoms with van der Waals surface area (Å²) in [5.74, 6) is -1.91. The van der Waals surface area contributed by atoms with Gasteiger partial charge in [-0.3, -0.25) is 9.78 Å². The quantitative estimate of drug-likeness (QED) is 0.451. The molecule has 0 bridgehead atoms. The first-order valence-corrected chi connectivity index (χ1v) is 9.83. The van der Waals surface area contributed by atoms with E-state index in [9.17, 15) is 27.2 Å². The Morgan fingerprint density at radius 3 is 2.72 bits per heavy atom. The van der Waals surface area contributed by atoms with Crippen molar-refractivity contribution in [3.63, 3.8) is 0 Å². The van der Waals surface area contributed by atoms with Gasteiger partial charge in [-0.15, -0.1) is 15.3 Å². The van der Waals surface area contributed by atoms with Crippen LogP contribution in [-0.4, -0.2) is 53.3 Å². The van der Waals surface area contributed by atoms with Crippen molar-refractivity contribution in [2.75, 3.05) is 0 Å². The molecule has 3 aromatic rings. The van der Waals surface area contributed by atoms with E-state index in [1.54, 1.807) is 0 Å². The Morgan fingerprint density at radius 1 is 1.25 bits per heavy atom. The van der Waals surface area contributed by atoms with E-state index in [4.69, 9.17) is 5.11 Å². The molecule has 0 aliphatic carbocycles. The molecule has 3 rings (SSSR count). The number of alkyl halides is 4. The molecule has 32 heavy (non-hydrogen) atoms. The summed E-state index contributed by atoms with van der Waals surface area (Å²) in [7, 11) is 0. The van der Waals surface area contributed by atoms with E-state index >= 15 is 0 Å². The van der Waals surface area contributed by atoms with Gasteiger partial charge in [-0.05, 0) is 18.6 Å². The highest BCUT2D eigenvalue weighted by atomic mass is 32.1. The second-order valence-corrected chi connectivity index (χ2v) is 7.55. The third-order valence-electron chi connectivity index (χ3n) is 4.05. The lowest BCUT2D eigenvalue weighted by Crippen LogP contribution is -2.23. The predicted molar refractivity (Wildman–Crippen MR) is 101 cm³/mol. The van der Waals surface area contributed by atoms with Crippen LogP contribution in [0.15, 0.2) is 24.5 Å². The molecule has 1 unspecified atom stereocenters. The molecular weight excluding hydrogens is 458 g/mol. The van der Waals surface area contributed by atoms with Crippen LogP contribution in [0.2, 0.25) is 0 Å². The van der Waals surface area contributed by atoms with E-state index in [0.29, 0.717) is 5.01 Å². The number of carboxylic acids is 1. The molecule has 170 valence electrons. The summed E-state index contributed by atoms with van der Waals surface area (Å²) in [6, 6.07) is 1.66. The smallest absolute Gasteiger partial charge is 0.416 e. The molecule has 2 N–H and O–H groups in total. The summed E-state index contributed by atoms with van der Waals surface area (Å²) < 4.78 is 53.4. The number of rotatable bonds is 9. The van der Waals surface area contributed by atoms with E-state index in [0.717, 1.165) is 40.5 Å². The molecule has 0 fully saturated rings. The lowest BCUT2D eigenvalue weighted by Gasteiger charge is -2.08. The summed E-state index contributed by atoms with van der Waals surface area (Å²) in [5.41, 5.74) is -1.14. The lowest BCUT2D eigenvalue weighted by atomic mass is 10.2. The number of nitrogens with zero attached hydrogens (tertiary/aromatic N) is 6. The van der Waals surface area contributed by atoms with E-state index < -0.39 is 29.8 Å². The number of aromatic nitrogens is 6. The van der Waals surface area contributed by atoms with E-state index in [1.807, 2.05) is 0 Å². The molecule has 1 atom stereocenters. The maximum atomic E-state index is 14.1. The molecule has 0 radical (unpaired) electrons. The van der Waals surface area contributed by atoms with E-state index in [2.05, 4.69) is 30.8 Å². The minimum Gasteiger partial charge on any atom is -0.476 e. The van der Waals surface area contributed by atoms with Crippen molar-refractivity contribution in [3.05, 3.63) is 51.5 Å². The fourth-order valence-electron chi connectivity index (χ4n) is 2.50. The number of halogens is 4. The summed E-state index contributed by atoms with van der Waals surface area (Å²) in [6.45, 7) is -0.434. The van der Waals surface area contributed by atoms with Gasteiger partial charge in [0, 0.05) is 12.6 Å². The van der Waals surface area contributed by atoms with Crippen molar-refractivity contribution in [2.45, 2.75) is 38.3 Å². The second kappa shape index (κ2) is 9.76. The molecule has 1 amide bonds. The summed E-state index contributed by atoms with van der Waals surface area (Å²) in [6.07, 6.45) is -3.58. The van der Waals surface area contributed by atoms with Crippen LogP contribution in [0, 0.1) is 0 Å². The van der Waals surface area contributed by atoms with Gasteiger partial charge < -0.3 is 10.4 Å². The Labute approximate surface area is 181 Å². The molecule has 0 aromatic carbocycles. The van der Waals surface area contributed by atoms with Crippen LogP contribution in [0.3, 0.4) is 0 Å². The number of amides is 1. The zero-order valence-electron chi connectivity index (χ0n) is 16.1. The fourth-order valence-corrected chi connectivity index (χ4v) is 3.28. The zero-order chi connectivity index (χ0) is 23.3. The molecule has 15 heteroatoms. The van der Waals surface area contributed by atoms with Gasteiger partial charge in [0.05, 0.1) is 30.5 Å². The number of pyridine rings is 1. The number of nitrogens with one attached hydrogen (secondary N) is 1. The van der Waals surface area contributed by atoms with Crippen LogP contribution in [0.1, 0.15) is 43.0 Å². The SMILES string of the molecule is O=C(O)c1cn(CC(F)CCc2nnc(C(=O)NCc3cc(C(F)(F)F)ccn3)s2)nn1. The molecule has 0 aliphatic rings. The Balaban J connectivity index is 1.48. The third kappa shape index (κ3) is 6.26. The zero-order valence-corrected chi connectivity index (χ0v) is 16.9. The molecule has 0 aliphatic heterocycles. The monoisotopic (exact) mass is 473 g/mol. The number of aromatic carboxylic acids is 1. The van der Waals surface area contributed by atoms with Gasteiger partial charge in [0.2, 0.25) is 5.01 Å². The van der Waals surface area contributed by atoms with Crippen molar-refractivity contribution < 1.29 is 32.3 Å². The van der Waals surface area contributed by atoms with Gasteiger partial charge in [-0.25, -0.2) is 13.9 Å². The summed E-state index contributed by atoms with van der Waals surface area (Å²) in [4.78, 5) is 26.7. The maximum Gasteiger partial charge on any atom is 0.416 e. The molecule has 0 saturated heterocycles. The number of aryl methyl sites for hydroxylation is 1. The van der Waals surface area contributed by atoms with Gasteiger partial charge in [0.1, 0.15) is 11.2 Å².